The molecule has 2 aliphatic heterocycles. The smallest absolute Gasteiger partial charge is 0.282 e. The standard InChI is InChI=1S/C14H29N3O2S2/c1-12(2)15-10-14-6-4-5-7-17(14)21(18,19)16-8-9-20-11-13(16)3/h12-15H,4-11H2,1-3H3. The van der Waals surface area contributed by atoms with E-state index in [2.05, 4.69) is 19.2 Å². The summed E-state index contributed by atoms with van der Waals surface area (Å²) in [5, 5.41) is 3.40. The summed E-state index contributed by atoms with van der Waals surface area (Å²) >= 11 is 1.85. The summed E-state index contributed by atoms with van der Waals surface area (Å²) in [5.74, 6) is 1.81. The van der Waals surface area contributed by atoms with Crippen molar-refractivity contribution in [3.63, 3.8) is 0 Å². The van der Waals surface area contributed by atoms with E-state index in [1.807, 2.05) is 18.7 Å². The van der Waals surface area contributed by atoms with Crippen LogP contribution in [0.25, 0.3) is 0 Å². The molecule has 7 heteroatoms. The van der Waals surface area contributed by atoms with E-state index in [9.17, 15) is 8.42 Å². The quantitative estimate of drug-likeness (QED) is 0.828. The van der Waals surface area contributed by atoms with E-state index in [0.29, 0.717) is 19.1 Å². The van der Waals surface area contributed by atoms with Gasteiger partial charge in [0.05, 0.1) is 0 Å². The maximum absolute atomic E-state index is 13.0. The Morgan fingerprint density at radius 2 is 2.00 bits per heavy atom. The number of hydrogen-bond acceptors (Lipinski definition) is 4. The molecule has 2 atom stereocenters. The lowest BCUT2D eigenvalue weighted by atomic mass is 10.0. The molecule has 2 saturated heterocycles. The lowest BCUT2D eigenvalue weighted by Crippen LogP contribution is -2.57. The molecule has 5 nitrogen and oxygen atoms in total. The highest BCUT2D eigenvalue weighted by molar-refractivity contribution is 7.99. The minimum atomic E-state index is -3.32. The lowest BCUT2D eigenvalue weighted by molar-refractivity contribution is 0.217. The van der Waals surface area contributed by atoms with Crippen molar-refractivity contribution in [2.45, 2.75) is 58.2 Å². The van der Waals surface area contributed by atoms with Crippen molar-refractivity contribution in [1.29, 1.82) is 0 Å². The number of nitrogens with one attached hydrogen (secondary N) is 1. The topological polar surface area (TPSA) is 52.7 Å². The van der Waals surface area contributed by atoms with Crippen molar-refractivity contribution in [2.75, 3.05) is 31.1 Å². The van der Waals surface area contributed by atoms with Crippen molar-refractivity contribution in [2.24, 2.45) is 0 Å². The molecule has 2 unspecified atom stereocenters. The fourth-order valence-electron chi connectivity index (χ4n) is 3.04. The van der Waals surface area contributed by atoms with Crippen LogP contribution in [0.1, 0.15) is 40.0 Å². The summed E-state index contributed by atoms with van der Waals surface area (Å²) in [4.78, 5) is 0. The second-order valence-electron chi connectivity index (χ2n) is 6.37. The first kappa shape index (κ1) is 17.5. The molecule has 0 amide bonds. The van der Waals surface area contributed by atoms with Crippen LogP contribution in [0.3, 0.4) is 0 Å². The molecule has 124 valence electrons. The normalized spacial score (nSPS) is 29.9. The van der Waals surface area contributed by atoms with Gasteiger partial charge in [0.1, 0.15) is 0 Å². The van der Waals surface area contributed by atoms with E-state index in [1.54, 1.807) is 8.61 Å². The molecule has 0 saturated carbocycles. The maximum Gasteiger partial charge on any atom is 0.282 e. The number of hydrogen-bond donors (Lipinski definition) is 1. The number of piperidine rings is 1. The van der Waals surface area contributed by atoms with Gasteiger partial charge in [0, 0.05) is 49.3 Å². The van der Waals surface area contributed by atoms with Gasteiger partial charge in [0.2, 0.25) is 0 Å². The summed E-state index contributed by atoms with van der Waals surface area (Å²) in [6.07, 6.45) is 3.08. The third kappa shape index (κ3) is 4.34. The Morgan fingerprint density at radius 1 is 1.24 bits per heavy atom. The second kappa shape index (κ2) is 7.64. The largest absolute Gasteiger partial charge is 0.313 e. The summed E-state index contributed by atoms with van der Waals surface area (Å²) in [7, 11) is -3.32. The highest BCUT2D eigenvalue weighted by Crippen LogP contribution is 2.26. The number of thioether (sulfide) groups is 1. The molecule has 0 bridgehead atoms. The van der Waals surface area contributed by atoms with Gasteiger partial charge in [-0.15, -0.1) is 0 Å². The number of rotatable bonds is 5. The first-order chi connectivity index (χ1) is 9.93. The van der Waals surface area contributed by atoms with Gasteiger partial charge in [-0.05, 0) is 19.8 Å². The van der Waals surface area contributed by atoms with Crippen molar-refractivity contribution in [1.82, 2.24) is 13.9 Å². The van der Waals surface area contributed by atoms with Gasteiger partial charge < -0.3 is 5.32 Å². The van der Waals surface area contributed by atoms with Crippen LogP contribution in [0.5, 0.6) is 0 Å². The van der Waals surface area contributed by atoms with Gasteiger partial charge >= 0.3 is 0 Å². The first-order valence-electron chi connectivity index (χ1n) is 8.02. The predicted octanol–water partition coefficient (Wildman–Crippen LogP) is 1.52. The molecule has 21 heavy (non-hydrogen) atoms. The van der Waals surface area contributed by atoms with E-state index in [-0.39, 0.29) is 12.1 Å². The molecule has 0 spiro atoms. The van der Waals surface area contributed by atoms with Crippen molar-refractivity contribution < 1.29 is 8.42 Å². The Morgan fingerprint density at radius 3 is 2.67 bits per heavy atom. The molecule has 0 aromatic carbocycles. The van der Waals surface area contributed by atoms with Gasteiger partial charge in [-0.25, -0.2) is 0 Å². The van der Waals surface area contributed by atoms with Gasteiger partial charge in [-0.2, -0.15) is 28.8 Å². The molecule has 0 aromatic rings. The first-order valence-corrected chi connectivity index (χ1v) is 10.6. The van der Waals surface area contributed by atoms with Crippen LogP contribution in [0, 0.1) is 0 Å². The molecule has 2 fully saturated rings. The molecule has 2 heterocycles. The van der Waals surface area contributed by atoms with E-state index >= 15 is 0 Å². The highest BCUT2D eigenvalue weighted by Gasteiger charge is 2.39. The maximum atomic E-state index is 13.0. The minimum absolute atomic E-state index is 0.105. The van der Waals surface area contributed by atoms with Crippen LogP contribution in [-0.2, 0) is 10.2 Å². The van der Waals surface area contributed by atoms with Crippen LogP contribution in [0.15, 0.2) is 0 Å². The van der Waals surface area contributed by atoms with Gasteiger partial charge in [0.25, 0.3) is 10.2 Å². The Bertz CT molecular complexity index is 428. The minimum Gasteiger partial charge on any atom is -0.313 e. The number of nitrogens with zero attached hydrogens (tertiary/aromatic N) is 2. The third-order valence-electron chi connectivity index (χ3n) is 4.23. The average molecular weight is 336 g/mol. The summed E-state index contributed by atoms with van der Waals surface area (Å²) in [6.45, 7) is 8.30. The Kier molecular flexibility index (Phi) is 6.38. The van der Waals surface area contributed by atoms with Gasteiger partial charge in [-0.3, -0.25) is 0 Å². The summed E-state index contributed by atoms with van der Waals surface area (Å²) in [5.41, 5.74) is 0. The Labute approximate surface area is 134 Å². The van der Waals surface area contributed by atoms with E-state index < -0.39 is 10.2 Å². The zero-order chi connectivity index (χ0) is 15.5. The zero-order valence-electron chi connectivity index (χ0n) is 13.4. The van der Waals surface area contributed by atoms with E-state index in [4.69, 9.17) is 0 Å². The van der Waals surface area contributed by atoms with Crippen molar-refractivity contribution >= 4 is 22.0 Å². The van der Waals surface area contributed by atoms with E-state index in [0.717, 1.165) is 37.3 Å². The molecule has 2 aliphatic rings. The molecule has 1 N–H and O–H groups in total. The molecular weight excluding hydrogens is 306 g/mol. The van der Waals surface area contributed by atoms with Crippen LogP contribution in [0.4, 0.5) is 0 Å². The predicted molar refractivity (Wildman–Crippen MR) is 89.9 cm³/mol. The third-order valence-corrected chi connectivity index (χ3v) is 7.63. The van der Waals surface area contributed by atoms with Crippen LogP contribution in [0.2, 0.25) is 0 Å². The molecular formula is C14H29N3O2S2. The van der Waals surface area contributed by atoms with Gasteiger partial charge in [-0.1, -0.05) is 20.3 Å². The van der Waals surface area contributed by atoms with Crippen molar-refractivity contribution in [3.05, 3.63) is 0 Å². The van der Waals surface area contributed by atoms with Crippen LogP contribution >= 0.6 is 11.8 Å². The molecule has 2 rings (SSSR count). The fourth-order valence-corrected chi connectivity index (χ4v) is 6.30. The van der Waals surface area contributed by atoms with Crippen LogP contribution in [-0.4, -0.2) is 66.3 Å². The van der Waals surface area contributed by atoms with Gasteiger partial charge in [0.15, 0.2) is 0 Å². The monoisotopic (exact) mass is 335 g/mol. The van der Waals surface area contributed by atoms with Crippen LogP contribution < -0.4 is 5.32 Å². The fraction of sp³-hybridized carbons (Fsp3) is 1.00. The molecule has 0 radical (unpaired) electrons. The molecule has 0 aliphatic carbocycles. The summed E-state index contributed by atoms with van der Waals surface area (Å²) in [6, 6.07) is 0.601. The second-order valence-corrected chi connectivity index (χ2v) is 9.35. The Hall–Kier alpha value is 0.180. The average Bonchev–Trinajstić information content (AvgIpc) is 2.45. The van der Waals surface area contributed by atoms with E-state index in [1.165, 1.54) is 0 Å². The molecule has 0 aromatic heterocycles. The summed E-state index contributed by atoms with van der Waals surface area (Å²) < 4.78 is 29.5. The lowest BCUT2D eigenvalue weighted by Gasteiger charge is -2.41. The highest BCUT2D eigenvalue weighted by atomic mass is 32.2. The van der Waals surface area contributed by atoms with Crippen molar-refractivity contribution in [3.8, 4) is 0 Å². The zero-order valence-corrected chi connectivity index (χ0v) is 15.0. The Balaban J connectivity index is 2.11. The SMILES string of the molecule is CC(C)NCC1CCCCN1S(=O)(=O)N1CCSCC1C.